The van der Waals surface area contributed by atoms with Crippen LogP contribution >= 0.6 is 0 Å². The van der Waals surface area contributed by atoms with E-state index in [0.717, 1.165) is 16.6 Å². The molecule has 1 N–H and O–H groups in total. The molecule has 10 heteroatoms. The lowest BCUT2D eigenvalue weighted by molar-refractivity contribution is 0.337. The van der Waals surface area contributed by atoms with Gasteiger partial charge in [-0.1, -0.05) is 5.92 Å². The van der Waals surface area contributed by atoms with Crippen molar-refractivity contribution in [1.82, 2.24) is 24.6 Å². The highest BCUT2D eigenvalue weighted by Gasteiger charge is 2.23. The number of ether oxygens (including phenoxy) is 1. The molecule has 0 fully saturated rings. The second-order valence-electron chi connectivity index (χ2n) is 5.79. The lowest BCUT2D eigenvalue weighted by Gasteiger charge is -2.06. The first-order valence-electron chi connectivity index (χ1n) is 8.14. The van der Waals surface area contributed by atoms with E-state index < -0.39 is 23.1 Å². The van der Waals surface area contributed by atoms with Gasteiger partial charge in [0.25, 0.3) is 0 Å². The Labute approximate surface area is 160 Å². The van der Waals surface area contributed by atoms with Gasteiger partial charge < -0.3 is 4.74 Å². The van der Waals surface area contributed by atoms with Gasteiger partial charge in [-0.05, 0) is 29.8 Å². The molecular weight excluding hydrogens is 387 g/mol. The van der Waals surface area contributed by atoms with Gasteiger partial charge in [-0.3, -0.25) is 9.97 Å². The Morgan fingerprint density at radius 3 is 2.62 bits per heavy atom. The molecule has 7 nitrogen and oxygen atoms in total. The van der Waals surface area contributed by atoms with Crippen molar-refractivity contribution in [3.05, 3.63) is 64.6 Å². The molecule has 29 heavy (non-hydrogen) atoms. The number of nitrogens with zero attached hydrogens (tertiary/aromatic N) is 4. The molecule has 0 saturated carbocycles. The van der Waals surface area contributed by atoms with Crippen LogP contribution in [0, 0.1) is 29.8 Å². The van der Waals surface area contributed by atoms with Crippen molar-refractivity contribution >= 4 is 5.65 Å². The van der Waals surface area contributed by atoms with Crippen molar-refractivity contribution in [2.24, 2.45) is 0 Å². The average Bonchev–Trinajstić information content (AvgIpc) is 3.11. The van der Waals surface area contributed by atoms with Gasteiger partial charge in [-0.15, -0.1) is 6.42 Å². The lowest BCUT2D eigenvalue weighted by Crippen LogP contribution is -2.20. The molecule has 0 aliphatic heterocycles. The van der Waals surface area contributed by atoms with Gasteiger partial charge in [0.2, 0.25) is 0 Å². The number of benzene rings is 1. The minimum Gasteiger partial charge on any atom is -0.451 e. The third-order valence-corrected chi connectivity index (χ3v) is 3.97. The Hall–Kier alpha value is -4.13. The molecule has 4 aromatic rings. The van der Waals surface area contributed by atoms with Crippen LogP contribution in [0.5, 0.6) is 6.01 Å². The zero-order valence-corrected chi connectivity index (χ0v) is 14.5. The summed E-state index contributed by atoms with van der Waals surface area (Å²) in [6.45, 7) is -0.169. The first-order valence-corrected chi connectivity index (χ1v) is 8.14. The number of nitrogens with one attached hydrogen (secondary N) is 1. The summed E-state index contributed by atoms with van der Waals surface area (Å²) in [5.74, 6) is -2.18. The van der Waals surface area contributed by atoms with Crippen molar-refractivity contribution in [2.75, 3.05) is 6.61 Å². The first kappa shape index (κ1) is 18.2. The molecule has 1 aromatic carbocycles. The van der Waals surface area contributed by atoms with E-state index in [9.17, 15) is 18.0 Å². The van der Waals surface area contributed by atoms with Gasteiger partial charge in [-0.2, -0.15) is 14.6 Å². The number of hydrogen-bond donors (Lipinski definition) is 1. The van der Waals surface area contributed by atoms with Crippen LogP contribution in [0.3, 0.4) is 0 Å². The van der Waals surface area contributed by atoms with E-state index >= 15 is 0 Å². The number of terminal acetylenes is 1. The van der Waals surface area contributed by atoms with Crippen molar-refractivity contribution in [3.8, 4) is 40.7 Å². The fourth-order valence-corrected chi connectivity index (χ4v) is 2.77. The maximum atomic E-state index is 13.9. The second-order valence-corrected chi connectivity index (χ2v) is 5.79. The fraction of sp³-hybridized carbons (Fsp3) is 0.0526. The smallest absolute Gasteiger partial charge is 0.352 e. The topological polar surface area (TPSA) is 85.2 Å². The van der Waals surface area contributed by atoms with Gasteiger partial charge in [-0.25, -0.2) is 18.0 Å². The minimum atomic E-state index is -1.61. The molecule has 0 spiro atoms. The van der Waals surface area contributed by atoms with Gasteiger partial charge in [0, 0.05) is 18.0 Å². The molecule has 0 aliphatic carbocycles. The SMILES string of the molecule is C#CCOc1nc2c(-c3cc(F)c(F)c(F)c3)c(-c3cccnc3)nn2c(=O)[nH]1. The summed E-state index contributed by atoms with van der Waals surface area (Å²) in [7, 11) is 0. The average molecular weight is 397 g/mol. The van der Waals surface area contributed by atoms with E-state index in [2.05, 4.69) is 26.0 Å². The quantitative estimate of drug-likeness (QED) is 0.423. The molecular formula is C19H10F3N5O2. The summed E-state index contributed by atoms with van der Waals surface area (Å²) in [6.07, 6.45) is 8.11. The van der Waals surface area contributed by atoms with Crippen molar-refractivity contribution < 1.29 is 17.9 Å². The Balaban J connectivity index is 2.07. The zero-order chi connectivity index (χ0) is 20.5. The molecule has 0 unspecified atom stereocenters. The van der Waals surface area contributed by atoms with E-state index in [1.54, 1.807) is 12.1 Å². The fourth-order valence-electron chi connectivity index (χ4n) is 2.77. The van der Waals surface area contributed by atoms with E-state index in [0.29, 0.717) is 5.56 Å². The Kier molecular flexibility index (Phi) is 4.48. The summed E-state index contributed by atoms with van der Waals surface area (Å²) in [4.78, 5) is 22.9. The molecule has 0 atom stereocenters. The summed E-state index contributed by atoms with van der Waals surface area (Å²) >= 11 is 0. The summed E-state index contributed by atoms with van der Waals surface area (Å²) < 4.78 is 47.3. The normalized spacial score (nSPS) is 10.8. The molecule has 3 heterocycles. The second kappa shape index (κ2) is 7.12. The van der Waals surface area contributed by atoms with Gasteiger partial charge >= 0.3 is 11.7 Å². The van der Waals surface area contributed by atoms with E-state index in [-0.39, 0.29) is 35.1 Å². The zero-order valence-electron chi connectivity index (χ0n) is 14.5. The van der Waals surface area contributed by atoms with Crippen molar-refractivity contribution in [2.45, 2.75) is 0 Å². The summed E-state index contributed by atoms with van der Waals surface area (Å²) in [5.41, 5.74) is -0.158. The Morgan fingerprint density at radius 1 is 1.21 bits per heavy atom. The van der Waals surface area contributed by atoms with Crippen LogP contribution in [0.4, 0.5) is 13.2 Å². The third kappa shape index (κ3) is 3.19. The Bertz CT molecular complexity index is 1300. The lowest BCUT2D eigenvalue weighted by atomic mass is 10.0. The van der Waals surface area contributed by atoms with Crippen LogP contribution in [0.15, 0.2) is 41.5 Å². The molecule has 0 saturated heterocycles. The summed E-state index contributed by atoms with van der Waals surface area (Å²) in [5, 5.41) is 4.20. The van der Waals surface area contributed by atoms with Gasteiger partial charge in [0.1, 0.15) is 5.69 Å². The summed E-state index contributed by atoms with van der Waals surface area (Å²) in [6, 6.07) is 4.63. The maximum absolute atomic E-state index is 13.9. The molecule has 0 bridgehead atoms. The van der Waals surface area contributed by atoms with Crippen molar-refractivity contribution in [1.29, 1.82) is 0 Å². The van der Waals surface area contributed by atoms with Crippen LogP contribution in [0.1, 0.15) is 0 Å². The van der Waals surface area contributed by atoms with Crippen molar-refractivity contribution in [3.63, 3.8) is 0 Å². The predicted molar refractivity (Wildman–Crippen MR) is 96.5 cm³/mol. The van der Waals surface area contributed by atoms with E-state index in [1.807, 2.05) is 0 Å². The van der Waals surface area contributed by atoms with Crippen LogP contribution in [-0.4, -0.2) is 31.2 Å². The van der Waals surface area contributed by atoms with Gasteiger partial charge in [0.15, 0.2) is 29.7 Å². The first-order chi connectivity index (χ1) is 14.0. The number of halogens is 3. The standard InChI is InChI=1S/C19H10F3N5O2/c1-2-6-29-18-24-17-14(11-7-12(20)15(22)13(21)8-11)16(10-4-3-5-23-9-10)26-27(17)19(28)25-18/h1,3-5,7-9H,6H2,(H,24,25,28). The number of aromatic nitrogens is 5. The number of hydrogen-bond acceptors (Lipinski definition) is 5. The van der Waals surface area contributed by atoms with Gasteiger partial charge in [0.05, 0.1) is 5.56 Å². The van der Waals surface area contributed by atoms with Crippen LogP contribution in [0.25, 0.3) is 28.0 Å². The largest absolute Gasteiger partial charge is 0.451 e. The number of rotatable bonds is 4. The molecule has 144 valence electrons. The third-order valence-electron chi connectivity index (χ3n) is 3.97. The molecule has 4 rings (SSSR count). The van der Waals surface area contributed by atoms with Crippen LogP contribution in [0.2, 0.25) is 0 Å². The van der Waals surface area contributed by atoms with E-state index in [1.165, 1.54) is 12.4 Å². The minimum absolute atomic E-state index is 0.0648. The highest BCUT2D eigenvalue weighted by atomic mass is 19.2. The number of pyridine rings is 1. The molecule has 3 aromatic heterocycles. The van der Waals surface area contributed by atoms with E-state index in [4.69, 9.17) is 11.2 Å². The highest BCUT2D eigenvalue weighted by Crippen LogP contribution is 2.35. The maximum Gasteiger partial charge on any atom is 0.352 e. The van der Waals surface area contributed by atoms with Crippen LogP contribution in [-0.2, 0) is 0 Å². The predicted octanol–water partition coefficient (Wildman–Crippen LogP) is 2.58. The number of fused-ring (bicyclic) bond motifs is 1. The highest BCUT2D eigenvalue weighted by molar-refractivity contribution is 5.90. The number of aromatic amines is 1. The molecule has 0 aliphatic rings. The monoisotopic (exact) mass is 397 g/mol. The molecule has 0 amide bonds. The molecule has 0 radical (unpaired) electrons. The number of H-pyrrole nitrogens is 1. The van der Waals surface area contributed by atoms with Crippen LogP contribution < -0.4 is 10.4 Å². The Morgan fingerprint density at radius 2 is 1.97 bits per heavy atom.